The summed E-state index contributed by atoms with van der Waals surface area (Å²) in [5, 5.41) is 0. The summed E-state index contributed by atoms with van der Waals surface area (Å²) in [6, 6.07) is 0. The zero-order valence-electron chi connectivity index (χ0n) is 9.30. The maximum atomic E-state index is 10.9. The van der Waals surface area contributed by atoms with Crippen LogP contribution in [0.1, 0.15) is 58.3 Å². The van der Waals surface area contributed by atoms with E-state index in [-0.39, 0.29) is 11.8 Å². The van der Waals surface area contributed by atoms with Gasteiger partial charge in [0.05, 0.1) is 0 Å². The quantitative estimate of drug-likeness (QED) is 0.677. The van der Waals surface area contributed by atoms with Crippen molar-refractivity contribution in [1.29, 1.82) is 0 Å². The summed E-state index contributed by atoms with van der Waals surface area (Å²) in [5.74, 6) is 0.964. The van der Waals surface area contributed by atoms with E-state index in [0.717, 1.165) is 18.8 Å². The Labute approximate surface area is 87.2 Å². The van der Waals surface area contributed by atoms with Gasteiger partial charge in [0.25, 0.3) is 0 Å². The topological polar surface area (TPSA) is 43.1 Å². The highest BCUT2D eigenvalue weighted by molar-refractivity contribution is 5.76. The highest BCUT2D eigenvalue weighted by Crippen LogP contribution is 2.31. The Morgan fingerprint density at radius 3 is 2.36 bits per heavy atom. The van der Waals surface area contributed by atoms with Gasteiger partial charge in [-0.3, -0.25) is 4.79 Å². The molecule has 0 aromatic rings. The van der Waals surface area contributed by atoms with Gasteiger partial charge >= 0.3 is 0 Å². The molecule has 1 amide bonds. The largest absolute Gasteiger partial charge is 0.369 e. The summed E-state index contributed by atoms with van der Waals surface area (Å²) in [6.07, 6.45) is 9.89. The van der Waals surface area contributed by atoms with E-state index in [1.165, 1.54) is 38.5 Å². The lowest BCUT2D eigenvalue weighted by molar-refractivity contribution is -0.122. The standard InChI is InChI=1S/C12H23NO/c1-2-3-4-5-10-6-8-11(9-7-10)12(13)14/h10-11H,2-9H2,1H3,(H2,13,14)/t10-,11-. The minimum absolute atomic E-state index is 0.0861. The van der Waals surface area contributed by atoms with Crippen LogP contribution in [0.4, 0.5) is 0 Å². The van der Waals surface area contributed by atoms with E-state index in [0.29, 0.717) is 0 Å². The van der Waals surface area contributed by atoms with Crippen molar-refractivity contribution in [2.45, 2.75) is 58.3 Å². The number of nitrogens with two attached hydrogens (primary N) is 1. The average Bonchev–Trinajstić information content (AvgIpc) is 2.19. The maximum Gasteiger partial charge on any atom is 0.220 e. The molecular formula is C12H23NO. The molecule has 1 fully saturated rings. The fourth-order valence-electron chi connectivity index (χ4n) is 2.42. The van der Waals surface area contributed by atoms with Gasteiger partial charge in [-0.15, -0.1) is 0 Å². The molecule has 0 bridgehead atoms. The molecule has 1 rings (SSSR count). The highest BCUT2D eigenvalue weighted by atomic mass is 16.1. The molecule has 82 valence electrons. The molecule has 14 heavy (non-hydrogen) atoms. The number of hydrogen-bond donors (Lipinski definition) is 1. The predicted octanol–water partition coefficient (Wildman–Crippen LogP) is 2.86. The Hall–Kier alpha value is -0.530. The molecule has 0 radical (unpaired) electrons. The van der Waals surface area contributed by atoms with Crippen molar-refractivity contribution in [1.82, 2.24) is 0 Å². The molecular weight excluding hydrogens is 174 g/mol. The number of unbranched alkanes of at least 4 members (excludes halogenated alkanes) is 2. The molecule has 0 aromatic carbocycles. The van der Waals surface area contributed by atoms with Gasteiger partial charge in [-0.2, -0.15) is 0 Å². The summed E-state index contributed by atoms with van der Waals surface area (Å²) in [5.41, 5.74) is 5.30. The second-order valence-electron chi connectivity index (χ2n) is 4.62. The van der Waals surface area contributed by atoms with E-state index in [9.17, 15) is 4.79 Å². The van der Waals surface area contributed by atoms with Crippen LogP contribution in [0.2, 0.25) is 0 Å². The van der Waals surface area contributed by atoms with Gasteiger partial charge in [-0.1, -0.05) is 32.6 Å². The number of carbonyl (C=O) groups excluding carboxylic acids is 1. The lowest BCUT2D eigenvalue weighted by Crippen LogP contribution is -2.27. The maximum absolute atomic E-state index is 10.9. The summed E-state index contributed by atoms with van der Waals surface area (Å²) in [4.78, 5) is 10.9. The third-order valence-corrected chi connectivity index (χ3v) is 3.47. The van der Waals surface area contributed by atoms with Crippen LogP contribution in [0.15, 0.2) is 0 Å². The van der Waals surface area contributed by atoms with Gasteiger partial charge < -0.3 is 5.73 Å². The molecule has 0 aliphatic heterocycles. The van der Waals surface area contributed by atoms with Crippen LogP contribution in [0.3, 0.4) is 0 Å². The van der Waals surface area contributed by atoms with E-state index in [1.54, 1.807) is 0 Å². The van der Waals surface area contributed by atoms with E-state index >= 15 is 0 Å². The first-order valence-corrected chi connectivity index (χ1v) is 6.03. The van der Waals surface area contributed by atoms with Crippen LogP contribution in [0, 0.1) is 11.8 Å². The number of amides is 1. The first kappa shape index (κ1) is 11.5. The number of primary amides is 1. The molecule has 0 heterocycles. The summed E-state index contributed by atoms with van der Waals surface area (Å²) in [7, 11) is 0. The third-order valence-electron chi connectivity index (χ3n) is 3.47. The minimum atomic E-state index is -0.0861. The van der Waals surface area contributed by atoms with Crippen molar-refractivity contribution in [2.24, 2.45) is 17.6 Å². The minimum Gasteiger partial charge on any atom is -0.369 e. The summed E-state index contributed by atoms with van der Waals surface area (Å²) < 4.78 is 0. The van der Waals surface area contributed by atoms with Gasteiger partial charge in [-0.25, -0.2) is 0 Å². The molecule has 0 atom stereocenters. The highest BCUT2D eigenvalue weighted by Gasteiger charge is 2.23. The lowest BCUT2D eigenvalue weighted by Gasteiger charge is -2.26. The zero-order valence-corrected chi connectivity index (χ0v) is 9.30. The molecule has 2 heteroatoms. The number of carbonyl (C=O) groups is 1. The van der Waals surface area contributed by atoms with Gasteiger partial charge in [-0.05, 0) is 31.6 Å². The van der Waals surface area contributed by atoms with Crippen LogP contribution >= 0.6 is 0 Å². The molecule has 1 aliphatic carbocycles. The van der Waals surface area contributed by atoms with Crippen LogP contribution in [-0.4, -0.2) is 5.91 Å². The van der Waals surface area contributed by atoms with Gasteiger partial charge in [0.2, 0.25) is 5.91 Å². The Kier molecular flexibility index (Phi) is 4.99. The second-order valence-corrected chi connectivity index (χ2v) is 4.62. The molecule has 0 unspecified atom stereocenters. The normalized spacial score (nSPS) is 27.5. The molecule has 1 aliphatic rings. The lowest BCUT2D eigenvalue weighted by atomic mass is 9.79. The van der Waals surface area contributed by atoms with Crippen LogP contribution in [-0.2, 0) is 4.79 Å². The average molecular weight is 197 g/mol. The Morgan fingerprint density at radius 1 is 1.21 bits per heavy atom. The SMILES string of the molecule is CCCCC[C@H]1CC[C@H](C(N)=O)CC1. The number of hydrogen-bond acceptors (Lipinski definition) is 1. The molecule has 2 nitrogen and oxygen atoms in total. The van der Waals surface area contributed by atoms with E-state index in [4.69, 9.17) is 5.73 Å². The zero-order chi connectivity index (χ0) is 10.4. The number of rotatable bonds is 5. The predicted molar refractivity (Wildman–Crippen MR) is 58.8 cm³/mol. The van der Waals surface area contributed by atoms with Crippen molar-refractivity contribution >= 4 is 5.91 Å². The third kappa shape index (κ3) is 3.69. The Bertz CT molecular complexity index is 171. The molecule has 0 saturated heterocycles. The van der Waals surface area contributed by atoms with Crippen molar-refractivity contribution in [3.05, 3.63) is 0 Å². The van der Waals surface area contributed by atoms with E-state index in [1.807, 2.05) is 0 Å². The van der Waals surface area contributed by atoms with Gasteiger partial charge in [0, 0.05) is 5.92 Å². The second kappa shape index (κ2) is 6.05. The Morgan fingerprint density at radius 2 is 1.86 bits per heavy atom. The first-order valence-electron chi connectivity index (χ1n) is 6.03. The van der Waals surface area contributed by atoms with Crippen LogP contribution in [0.5, 0.6) is 0 Å². The van der Waals surface area contributed by atoms with E-state index in [2.05, 4.69) is 6.92 Å². The Balaban J connectivity index is 2.12. The monoisotopic (exact) mass is 197 g/mol. The van der Waals surface area contributed by atoms with Crippen molar-refractivity contribution in [2.75, 3.05) is 0 Å². The van der Waals surface area contributed by atoms with Crippen molar-refractivity contribution in [3.63, 3.8) is 0 Å². The van der Waals surface area contributed by atoms with Crippen molar-refractivity contribution in [3.8, 4) is 0 Å². The molecule has 2 N–H and O–H groups in total. The van der Waals surface area contributed by atoms with Crippen LogP contribution in [0.25, 0.3) is 0 Å². The molecule has 0 aromatic heterocycles. The van der Waals surface area contributed by atoms with Crippen LogP contribution < -0.4 is 5.73 Å². The fraction of sp³-hybridized carbons (Fsp3) is 0.917. The van der Waals surface area contributed by atoms with Crippen molar-refractivity contribution < 1.29 is 4.79 Å². The summed E-state index contributed by atoms with van der Waals surface area (Å²) in [6.45, 7) is 2.24. The fourth-order valence-corrected chi connectivity index (χ4v) is 2.42. The molecule has 1 saturated carbocycles. The van der Waals surface area contributed by atoms with Gasteiger partial charge in [0.1, 0.15) is 0 Å². The van der Waals surface area contributed by atoms with Gasteiger partial charge in [0.15, 0.2) is 0 Å². The first-order chi connectivity index (χ1) is 6.74. The smallest absolute Gasteiger partial charge is 0.220 e. The summed E-state index contributed by atoms with van der Waals surface area (Å²) >= 11 is 0. The molecule has 0 spiro atoms. The van der Waals surface area contributed by atoms with E-state index < -0.39 is 0 Å².